The predicted molar refractivity (Wildman–Crippen MR) is 52.7 cm³/mol. The molecule has 2 nitrogen and oxygen atoms in total. The molecule has 0 N–H and O–H groups in total. The van der Waals surface area contributed by atoms with E-state index in [1.807, 2.05) is 11.7 Å². The first kappa shape index (κ1) is 8.30. The van der Waals surface area contributed by atoms with Crippen molar-refractivity contribution in [1.82, 2.24) is 9.78 Å². The molecule has 1 aromatic heterocycles. The fraction of sp³-hybridized carbons (Fsp3) is 0.667. The van der Waals surface area contributed by atoms with E-state index in [0.29, 0.717) is 5.92 Å². The van der Waals surface area contributed by atoms with Crippen molar-refractivity contribution < 1.29 is 0 Å². The summed E-state index contributed by atoms with van der Waals surface area (Å²) in [7, 11) is 2.00. The first-order valence-electron chi connectivity index (χ1n) is 4.39. The minimum atomic E-state index is 0.648. The smallest absolute Gasteiger partial charge is 0.0695 e. The van der Waals surface area contributed by atoms with Gasteiger partial charge in [-0.1, -0.05) is 15.9 Å². The van der Waals surface area contributed by atoms with Gasteiger partial charge in [0.1, 0.15) is 0 Å². The Morgan fingerprint density at radius 1 is 1.75 bits per heavy atom. The molecule has 12 heavy (non-hydrogen) atoms. The van der Waals surface area contributed by atoms with Crippen LogP contribution in [0.4, 0.5) is 0 Å². The van der Waals surface area contributed by atoms with Crippen LogP contribution in [0.1, 0.15) is 30.0 Å². The number of rotatable bonds is 1. The third-order valence-electron chi connectivity index (χ3n) is 2.51. The third-order valence-corrected chi connectivity index (χ3v) is 3.29. The van der Waals surface area contributed by atoms with E-state index in [1.54, 1.807) is 0 Å². The molecule has 0 amide bonds. The monoisotopic (exact) mass is 228 g/mol. The average molecular weight is 229 g/mol. The Morgan fingerprint density at radius 2 is 2.58 bits per heavy atom. The SMILES string of the molecule is Cn1cc2c(n1)C(CBr)CCC2. The molecule has 3 heteroatoms. The fourth-order valence-corrected chi connectivity index (χ4v) is 2.55. The van der Waals surface area contributed by atoms with E-state index in [1.165, 1.54) is 30.5 Å². The summed E-state index contributed by atoms with van der Waals surface area (Å²) >= 11 is 3.54. The zero-order valence-corrected chi connectivity index (χ0v) is 8.84. The highest BCUT2D eigenvalue weighted by Crippen LogP contribution is 2.31. The van der Waals surface area contributed by atoms with Crippen molar-refractivity contribution in [3.63, 3.8) is 0 Å². The van der Waals surface area contributed by atoms with Crippen LogP contribution in [0.2, 0.25) is 0 Å². The van der Waals surface area contributed by atoms with Crippen molar-refractivity contribution in [2.45, 2.75) is 25.2 Å². The van der Waals surface area contributed by atoms with Crippen LogP contribution in [0.25, 0.3) is 0 Å². The first-order valence-corrected chi connectivity index (χ1v) is 5.52. The van der Waals surface area contributed by atoms with Gasteiger partial charge in [0.25, 0.3) is 0 Å². The Balaban J connectivity index is 2.36. The molecule has 0 bridgehead atoms. The Labute approximate surface area is 81.1 Å². The molecule has 2 rings (SSSR count). The molecule has 0 fully saturated rings. The van der Waals surface area contributed by atoms with Crippen LogP contribution in [0.15, 0.2) is 6.20 Å². The predicted octanol–water partition coefficient (Wildman–Crippen LogP) is 2.23. The van der Waals surface area contributed by atoms with Gasteiger partial charge in [0.15, 0.2) is 0 Å². The molecule has 1 heterocycles. The number of aryl methyl sites for hydroxylation is 2. The molecule has 1 aromatic rings. The fourth-order valence-electron chi connectivity index (χ4n) is 1.92. The Kier molecular flexibility index (Phi) is 2.22. The number of nitrogens with zero attached hydrogens (tertiary/aromatic N) is 2. The summed E-state index contributed by atoms with van der Waals surface area (Å²) in [5.41, 5.74) is 2.77. The lowest BCUT2D eigenvalue weighted by atomic mass is 9.90. The van der Waals surface area contributed by atoms with Crippen molar-refractivity contribution in [3.05, 3.63) is 17.5 Å². The summed E-state index contributed by atoms with van der Waals surface area (Å²) in [4.78, 5) is 0. The maximum absolute atomic E-state index is 4.49. The summed E-state index contributed by atoms with van der Waals surface area (Å²) in [6, 6.07) is 0. The maximum Gasteiger partial charge on any atom is 0.0695 e. The topological polar surface area (TPSA) is 17.8 Å². The standard InChI is InChI=1S/C9H13BrN2/c1-12-6-8-4-2-3-7(5-10)9(8)11-12/h6-7H,2-5H2,1H3. The first-order chi connectivity index (χ1) is 5.81. The van der Waals surface area contributed by atoms with Gasteiger partial charge in [0, 0.05) is 24.5 Å². The average Bonchev–Trinajstić information content (AvgIpc) is 2.44. The second-order valence-electron chi connectivity index (χ2n) is 3.46. The van der Waals surface area contributed by atoms with Gasteiger partial charge in [-0.15, -0.1) is 0 Å². The van der Waals surface area contributed by atoms with E-state index in [9.17, 15) is 0 Å². The van der Waals surface area contributed by atoms with E-state index < -0.39 is 0 Å². The molecule has 0 radical (unpaired) electrons. The van der Waals surface area contributed by atoms with E-state index in [0.717, 1.165) is 5.33 Å². The van der Waals surface area contributed by atoms with Gasteiger partial charge in [0.2, 0.25) is 0 Å². The molecule has 1 atom stereocenters. The van der Waals surface area contributed by atoms with E-state index in [4.69, 9.17) is 0 Å². The van der Waals surface area contributed by atoms with E-state index in [-0.39, 0.29) is 0 Å². The van der Waals surface area contributed by atoms with Crippen LogP contribution < -0.4 is 0 Å². The summed E-state index contributed by atoms with van der Waals surface area (Å²) in [5, 5.41) is 5.54. The molecule has 0 aromatic carbocycles. The highest BCUT2D eigenvalue weighted by molar-refractivity contribution is 9.09. The van der Waals surface area contributed by atoms with Crippen molar-refractivity contribution in [1.29, 1.82) is 0 Å². The van der Waals surface area contributed by atoms with Gasteiger partial charge in [-0.3, -0.25) is 4.68 Å². The van der Waals surface area contributed by atoms with Crippen LogP contribution >= 0.6 is 15.9 Å². The molecule has 0 saturated carbocycles. The molecule has 0 aliphatic heterocycles. The molecule has 66 valence electrons. The van der Waals surface area contributed by atoms with Gasteiger partial charge in [-0.25, -0.2) is 0 Å². The molecule has 1 aliphatic rings. The van der Waals surface area contributed by atoms with Gasteiger partial charge in [0.05, 0.1) is 5.69 Å². The second kappa shape index (κ2) is 3.21. The normalized spacial score (nSPS) is 22.3. The van der Waals surface area contributed by atoms with Crippen molar-refractivity contribution in [2.75, 3.05) is 5.33 Å². The Hall–Kier alpha value is -0.310. The van der Waals surface area contributed by atoms with Crippen LogP contribution in [-0.4, -0.2) is 15.1 Å². The number of hydrogen-bond acceptors (Lipinski definition) is 1. The van der Waals surface area contributed by atoms with Gasteiger partial charge >= 0.3 is 0 Å². The Bertz CT molecular complexity index is 280. The number of fused-ring (bicyclic) bond motifs is 1. The zero-order chi connectivity index (χ0) is 8.55. The van der Waals surface area contributed by atoms with E-state index in [2.05, 4.69) is 27.2 Å². The quantitative estimate of drug-likeness (QED) is 0.675. The minimum Gasteiger partial charge on any atom is -0.275 e. The van der Waals surface area contributed by atoms with Crippen molar-refractivity contribution in [3.8, 4) is 0 Å². The highest BCUT2D eigenvalue weighted by atomic mass is 79.9. The second-order valence-corrected chi connectivity index (χ2v) is 4.10. The summed E-state index contributed by atoms with van der Waals surface area (Å²) in [5.74, 6) is 0.648. The lowest BCUT2D eigenvalue weighted by Gasteiger charge is -2.18. The number of aromatic nitrogens is 2. The molecular formula is C9H13BrN2. The van der Waals surface area contributed by atoms with Crippen LogP contribution in [0.3, 0.4) is 0 Å². The van der Waals surface area contributed by atoms with Crippen LogP contribution in [0, 0.1) is 0 Å². The summed E-state index contributed by atoms with van der Waals surface area (Å²) < 4.78 is 1.94. The molecular weight excluding hydrogens is 216 g/mol. The maximum atomic E-state index is 4.49. The van der Waals surface area contributed by atoms with Crippen LogP contribution in [-0.2, 0) is 13.5 Å². The molecule has 1 aliphatic carbocycles. The summed E-state index contributed by atoms with van der Waals surface area (Å²) in [6.07, 6.45) is 5.97. The van der Waals surface area contributed by atoms with Crippen molar-refractivity contribution >= 4 is 15.9 Å². The van der Waals surface area contributed by atoms with E-state index >= 15 is 0 Å². The third kappa shape index (κ3) is 1.30. The molecule has 1 unspecified atom stereocenters. The van der Waals surface area contributed by atoms with Gasteiger partial charge in [-0.2, -0.15) is 5.10 Å². The molecule has 0 spiro atoms. The van der Waals surface area contributed by atoms with Gasteiger partial charge < -0.3 is 0 Å². The van der Waals surface area contributed by atoms with Gasteiger partial charge in [-0.05, 0) is 24.8 Å². The molecule has 0 saturated heterocycles. The largest absolute Gasteiger partial charge is 0.275 e. The van der Waals surface area contributed by atoms with Crippen LogP contribution in [0.5, 0.6) is 0 Å². The highest BCUT2D eigenvalue weighted by Gasteiger charge is 2.21. The summed E-state index contributed by atoms with van der Waals surface area (Å²) in [6.45, 7) is 0. The lowest BCUT2D eigenvalue weighted by molar-refractivity contribution is 0.580. The minimum absolute atomic E-state index is 0.648. The lowest BCUT2D eigenvalue weighted by Crippen LogP contribution is -2.10. The number of halogens is 1. The Morgan fingerprint density at radius 3 is 3.33 bits per heavy atom. The number of alkyl halides is 1. The van der Waals surface area contributed by atoms with Crippen molar-refractivity contribution in [2.24, 2.45) is 7.05 Å². The zero-order valence-electron chi connectivity index (χ0n) is 7.26. The number of hydrogen-bond donors (Lipinski definition) is 0.